The molecule has 1 unspecified atom stereocenters. The smallest absolute Gasteiger partial charge is 0.0711 e. The highest BCUT2D eigenvalue weighted by Gasteiger charge is 2.05. The number of nitrogens with one attached hydrogen (secondary N) is 1. The zero-order valence-electron chi connectivity index (χ0n) is 6.00. The fraction of sp³-hybridized carbons (Fsp3) is 0.143. The van der Waals surface area contributed by atoms with Gasteiger partial charge in [0.25, 0.3) is 0 Å². The maximum absolute atomic E-state index is 11.2. The van der Waals surface area contributed by atoms with Crippen molar-refractivity contribution in [2.24, 2.45) is 0 Å². The predicted octanol–water partition coefficient (Wildman–Crippen LogP) is 2.38. The van der Waals surface area contributed by atoms with Crippen LogP contribution in [0.25, 0.3) is 0 Å². The van der Waals surface area contributed by atoms with Crippen molar-refractivity contribution in [2.45, 2.75) is 4.90 Å². The summed E-state index contributed by atoms with van der Waals surface area (Å²) in [5, 5.41) is 0.398. The van der Waals surface area contributed by atoms with Crippen LogP contribution in [0.3, 0.4) is 0 Å². The number of halogens is 1. The van der Waals surface area contributed by atoms with Gasteiger partial charge in [0.15, 0.2) is 0 Å². The van der Waals surface area contributed by atoms with Crippen LogP contribution < -0.4 is 0 Å². The van der Waals surface area contributed by atoms with Crippen molar-refractivity contribution in [3.8, 4) is 0 Å². The van der Waals surface area contributed by atoms with Crippen molar-refractivity contribution in [2.75, 3.05) is 6.26 Å². The molecule has 4 heteroatoms. The highest BCUT2D eigenvalue weighted by atomic mass is 35.5. The second-order valence-corrected chi connectivity index (χ2v) is 4.81. The molecule has 1 rings (SSSR count). The molecule has 1 aromatic rings. The van der Waals surface area contributed by atoms with Crippen LogP contribution in [0.4, 0.5) is 0 Å². The van der Waals surface area contributed by atoms with Crippen molar-refractivity contribution in [1.82, 2.24) is 0 Å². The minimum absolute atomic E-state index is 0.398. The third-order valence-electron chi connectivity index (χ3n) is 1.26. The summed E-state index contributed by atoms with van der Waals surface area (Å²) in [5.74, 6) is 0. The average Bonchev–Trinajstić information content (AvgIpc) is 1.86. The molecule has 0 aliphatic rings. The minimum Gasteiger partial charge on any atom is -0.249 e. The highest BCUT2D eigenvalue weighted by Crippen LogP contribution is 2.20. The van der Waals surface area contributed by atoms with Gasteiger partial charge in [-0.2, -0.15) is 0 Å². The molecule has 0 heterocycles. The Morgan fingerprint density at radius 3 is 2.36 bits per heavy atom. The molecule has 1 aromatic carbocycles. The van der Waals surface area contributed by atoms with E-state index in [2.05, 4.69) is 0 Å². The first-order valence-electron chi connectivity index (χ1n) is 3.00. The standard InChI is InChI=1S/C7H8ClNOS/c1-11(9,10)7-5-3-2-4-6(7)8/h2-5,9H,1H3. The minimum atomic E-state index is -2.67. The molecule has 60 valence electrons. The van der Waals surface area contributed by atoms with Crippen LogP contribution in [0.2, 0.25) is 5.02 Å². The molecule has 1 atom stereocenters. The normalized spacial score (nSPS) is 15.8. The fourth-order valence-electron chi connectivity index (χ4n) is 0.761. The first kappa shape index (κ1) is 8.56. The van der Waals surface area contributed by atoms with E-state index in [9.17, 15) is 4.21 Å². The van der Waals surface area contributed by atoms with E-state index >= 15 is 0 Å². The summed E-state index contributed by atoms with van der Waals surface area (Å²) in [5.41, 5.74) is 0. The van der Waals surface area contributed by atoms with Crippen molar-refractivity contribution in [3.05, 3.63) is 29.3 Å². The summed E-state index contributed by atoms with van der Waals surface area (Å²) in [4.78, 5) is 0.404. The van der Waals surface area contributed by atoms with E-state index in [4.69, 9.17) is 16.4 Å². The lowest BCUT2D eigenvalue weighted by Gasteiger charge is -2.01. The lowest BCUT2D eigenvalue weighted by atomic mass is 10.4. The summed E-state index contributed by atoms with van der Waals surface area (Å²) < 4.78 is 18.4. The van der Waals surface area contributed by atoms with Gasteiger partial charge in [-0.25, -0.2) is 8.99 Å². The van der Waals surface area contributed by atoms with Gasteiger partial charge in [0.2, 0.25) is 0 Å². The van der Waals surface area contributed by atoms with Crippen molar-refractivity contribution in [1.29, 1.82) is 4.78 Å². The third kappa shape index (κ3) is 1.94. The topological polar surface area (TPSA) is 40.9 Å². The van der Waals surface area contributed by atoms with Crippen molar-refractivity contribution < 1.29 is 4.21 Å². The SMILES string of the molecule is CS(=N)(=O)c1ccccc1Cl. The predicted molar refractivity (Wildman–Crippen MR) is 46.5 cm³/mol. The Bertz CT molecular complexity index is 358. The van der Waals surface area contributed by atoms with Crippen molar-refractivity contribution >= 4 is 21.3 Å². The second-order valence-electron chi connectivity index (χ2n) is 2.27. The first-order valence-corrected chi connectivity index (χ1v) is 5.34. The van der Waals surface area contributed by atoms with E-state index in [0.29, 0.717) is 9.92 Å². The fourth-order valence-corrected chi connectivity index (χ4v) is 2.12. The summed E-state index contributed by atoms with van der Waals surface area (Å²) >= 11 is 5.71. The van der Waals surface area contributed by atoms with E-state index in [0.717, 1.165) is 0 Å². The monoisotopic (exact) mass is 189 g/mol. The molecule has 0 amide bonds. The molecule has 0 aromatic heterocycles. The number of hydrogen-bond donors (Lipinski definition) is 1. The lowest BCUT2D eigenvalue weighted by molar-refractivity contribution is 0.679. The van der Waals surface area contributed by atoms with Crippen LogP contribution in [0.15, 0.2) is 29.2 Å². The Balaban J connectivity index is 3.37. The van der Waals surface area contributed by atoms with Crippen LogP contribution in [0, 0.1) is 4.78 Å². The van der Waals surface area contributed by atoms with Crippen molar-refractivity contribution in [3.63, 3.8) is 0 Å². The van der Waals surface area contributed by atoms with E-state index in [-0.39, 0.29) is 0 Å². The average molecular weight is 190 g/mol. The molecule has 0 aliphatic heterocycles. The van der Waals surface area contributed by atoms with Crippen LogP contribution in [-0.4, -0.2) is 10.5 Å². The molecule has 0 bridgehead atoms. The molecular weight excluding hydrogens is 182 g/mol. The van der Waals surface area contributed by atoms with Gasteiger partial charge in [-0.3, -0.25) is 0 Å². The Labute approximate surface area is 71.2 Å². The van der Waals surface area contributed by atoms with Crippen LogP contribution in [0.5, 0.6) is 0 Å². The van der Waals surface area contributed by atoms with Gasteiger partial charge in [-0.15, -0.1) is 0 Å². The molecule has 1 N–H and O–H groups in total. The highest BCUT2D eigenvalue weighted by molar-refractivity contribution is 7.91. The Hall–Kier alpha value is -0.540. The number of benzene rings is 1. The second kappa shape index (κ2) is 2.83. The zero-order chi connectivity index (χ0) is 8.48. The summed E-state index contributed by atoms with van der Waals surface area (Å²) in [6.07, 6.45) is 1.36. The molecule has 11 heavy (non-hydrogen) atoms. The van der Waals surface area contributed by atoms with E-state index < -0.39 is 9.73 Å². The van der Waals surface area contributed by atoms with Crippen LogP contribution >= 0.6 is 11.6 Å². The number of hydrogen-bond acceptors (Lipinski definition) is 2. The molecule has 0 saturated carbocycles. The Morgan fingerprint density at radius 2 is 2.00 bits per heavy atom. The van der Waals surface area contributed by atoms with Crippen LogP contribution in [0.1, 0.15) is 0 Å². The summed E-state index contributed by atoms with van der Waals surface area (Å²) in [6.45, 7) is 0. The molecule has 0 aliphatic carbocycles. The molecule has 0 saturated heterocycles. The van der Waals surface area contributed by atoms with Gasteiger partial charge in [-0.1, -0.05) is 23.7 Å². The van der Waals surface area contributed by atoms with E-state index in [1.54, 1.807) is 24.3 Å². The van der Waals surface area contributed by atoms with E-state index in [1.807, 2.05) is 0 Å². The molecular formula is C7H8ClNOS. The van der Waals surface area contributed by atoms with E-state index in [1.165, 1.54) is 6.26 Å². The van der Waals surface area contributed by atoms with Gasteiger partial charge in [0, 0.05) is 6.26 Å². The van der Waals surface area contributed by atoms with Gasteiger partial charge in [0.05, 0.1) is 19.6 Å². The van der Waals surface area contributed by atoms with Gasteiger partial charge in [-0.05, 0) is 12.1 Å². The summed E-state index contributed by atoms with van der Waals surface area (Å²) in [7, 11) is -2.67. The molecule has 0 fully saturated rings. The number of rotatable bonds is 1. The first-order chi connectivity index (χ1) is 5.02. The van der Waals surface area contributed by atoms with Gasteiger partial charge < -0.3 is 0 Å². The lowest BCUT2D eigenvalue weighted by Crippen LogP contribution is -1.94. The molecule has 0 spiro atoms. The van der Waals surface area contributed by atoms with Gasteiger partial charge >= 0.3 is 0 Å². The summed E-state index contributed by atoms with van der Waals surface area (Å²) in [6, 6.07) is 6.71. The molecule has 0 radical (unpaired) electrons. The largest absolute Gasteiger partial charge is 0.249 e. The zero-order valence-corrected chi connectivity index (χ0v) is 7.58. The quantitative estimate of drug-likeness (QED) is 0.724. The maximum Gasteiger partial charge on any atom is 0.0711 e. The van der Waals surface area contributed by atoms with Crippen LogP contribution in [-0.2, 0) is 9.73 Å². The Morgan fingerprint density at radius 1 is 1.45 bits per heavy atom. The third-order valence-corrected chi connectivity index (χ3v) is 2.89. The molecule has 2 nitrogen and oxygen atoms in total. The Kier molecular flexibility index (Phi) is 2.20. The van der Waals surface area contributed by atoms with Gasteiger partial charge in [0.1, 0.15) is 0 Å². The maximum atomic E-state index is 11.2.